The molecule has 0 amide bonds. The normalized spacial score (nSPS) is 17.7. The second-order valence-corrected chi connectivity index (χ2v) is 18.2. The first kappa shape index (κ1) is 35.6. The van der Waals surface area contributed by atoms with Crippen molar-refractivity contribution in [1.29, 1.82) is 0 Å². The SMILES string of the molecule is CC12C=CC=CC1C1(c3ccccc3-c3ccccc31)c1c2ccc2c3cc(-c4cccc(-c5ccc6c(c5)c5ccccc5n6-c5ccccc5)c4)ccc3n(-c3ccccc3)c12. The fourth-order valence-electron chi connectivity index (χ4n) is 12.5. The van der Waals surface area contributed by atoms with Gasteiger partial charge in [0.2, 0.25) is 0 Å². The van der Waals surface area contributed by atoms with Crippen molar-refractivity contribution in [3.63, 3.8) is 0 Å². The Hall–Kier alpha value is -7.94. The first-order valence-corrected chi connectivity index (χ1v) is 22.6. The van der Waals surface area contributed by atoms with E-state index in [2.05, 4.69) is 247 Å². The van der Waals surface area contributed by atoms with Crippen LogP contribution in [0.25, 0.3) is 88.4 Å². The summed E-state index contributed by atoms with van der Waals surface area (Å²) in [6.07, 6.45) is 9.53. The van der Waals surface area contributed by atoms with Crippen LogP contribution in [-0.4, -0.2) is 9.13 Å². The number of nitrogens with zero attached hydrogens (tertiary/aromatic N) is 2. The molecule has 11 aromatic rings. The van der Waals surface area contributed by atoms with E-state index < -0.39 is 0 Å². The third-order valence-electron chi connectivity index (χ3n) is 15.1. The molecule has 0 bridgehead atoms. The quantitative estimate of drug-likeness (QED) is 0.167. The number of rotatable bonds is 4. The van der Waals surface area contributed by atoms with E-state index in [1.165, 1.54) is 111 Å². The molecule has 300 valence electrons. The summed E-state index contributed by atoms with van der Waals surface area (Å²) < 4.78 is 4.96. The molecule has 14 rings (SSSR count). The summed E-state index contributed by atoms with van der Waals surface area (Å²) in [5.74, 6) is 0.199. The number of hydrogen-bond donors (Lipinski definition) is 0. The van der Waals surface area contributed by atoms with Crippen LogP contribution in [0.4, 0.5) is 0 Å². The molecule has 2 aromatic heterocycles. The van der Waals surface area contributed by atoms with Gasteiger partial charge in [0.15, 0.2) is 0 Å². The molecule has 0 N–H and O–H groups in total. The van der Waals surface area contributed by atoms with E-state index in [-0.39, 0.29) is 16.7 Å². The largest absolute Gasteiger partial charge is 0.309 e. The van der Waals surface area contributed by atoms with E-state index in [0.717, 1.165) is 0 Å². The summed E-state index contributed by atoms with van der Waals surface area (Å²) in [4.78, 5) is 0. The lowest BCUT2D eigenvalue weighted by molar-refractivity contribution is 0.372. The fourth-order valence-corrected chi connectivity index (χ4v) is 12.5. The highest BCUT2D eigenvalue weighted by Gasteiger charge is 2.62. The molecule has 1 spiro atoms. The topological polar surface area (TPSA) is 9.86 Å². The van der Waals surface area contributed by atoms with Crippen LogP contribution in [0.3, 0.4) is 0 Å². The maximum absolute atomic E-state index is 2.57. The Balaban J connectivity index is 0.995. The Morgan fingerprint density at radius 3 is 1.62 bits per heavy atom. The van der Waals surface area contributed by atoms with Crippen molar-refractivity contribution in [2.45, 2.75) is 17.8 Å². The lowest BCUT2D eigenvalue weighted by Gasteiger charge is -2.40. The molecule has 2 heterocycles. The predicted molar refractivity (Wildman–Crippen MR) is 267 cm³/mol. The minimum Gasteiger partial charge on any atom is -0.309 e. The van der Waals surface area contributed by atoms with Crippen LogP contribution in [0.5, 0.6) is 0 Å². The van der Waals surface area contributed by atoms with Crippen molar-refractivity contribution in [3.05, 3.63) is 253 Å². The predicted octanol–water partition coefficient (Wildman–Crippen LogP) is 15.5. The van der Waals surface area contributed by atoms with Gasteiger partial charge < -0.3 is 9.13 Å². The van der Waals surface area contributed by atoms with E-state index >= 15 is 0 Å². The Morgan fingerprint density at radius 1 is 0.391 bits per heavy atom. The minimum absolute atomic E-state index is 0.199. The van der Waals surface area contributed by atoms with Crippen molar-refractivity contribution in [2.24, 2.45) is 5.92 Å². The van der Waals surface area contributed by atoms with Crippen LogP contribution in [0, 0.1) is 5.92 Å². The van der Waals surface area contributed by atoms with Gasteiger partial charge in [-0.25, -0.2) is 0 Å². The zero-order chi connectivity index (χ0) is 42.1. The molecule has 2 nitrogen and oxygen atoms in total. The summed E-state index contributed by atoms with van der Waals surface area (Å²) in [5, 5.41) is 5.07. The standard InChI is InChI=1S/C62H42N2/c1-61-36-15-14-29-58(61)62(52-26-11-8-23-46(52)47-24-9-12-27-53(47)62)59-54(61)33-32-49-51-39-43(31-35-57(51)64(60(49)59)45-21-6-3-7-22-45)41-18-16-17-40(37-41)42-30-34-56-50(38-42)48-25-10-13-28-55(48)63(56)44-19-4-2-5-20-44/h2-39,58H,1H3. The maximum Gasteiger partial charge on any atom is 0.0588 e. The highest BCUT2D eigenvalue weighted by molar-refractivity contribution is 6.14. The summed E-state index contributed by atoms with van der Waals surface area (Å²) >= 11 is 0. The van der Waals surface area contributed by atoms with Crippen LogP contribution in [0.1, 0.15) is 29.2 Å². The molecular formula is C62H42N2. The van der Waals surface area contributed by atoms with E-state index in [9.17, 15) is 0 Å². The summed E-state index contributed by atoms with van der Waals surface area (Å²) in [6, 6.07) is 77.0. The maximum atomic E-state index is 2.57. The van der Waals surface area contributed by atoms with Crippen LogP contribution < -0.4 is 0 Å². The molecule has 9 aromatic carbocycles. The lowest BCUT2D eigenvalue weighted by atomic mass is 9.61. The molecule has 64 heavy (non-hydrogen) atoms. The zero-order valence-electron chi connectivity index (χ0n) is 35.4. The average Bonchev–Trinajstić information content (AvgIpc) is 4.04. The fraction of sp³-hybridized carbons (Fsp3) is 0.0645. The van der Waals surface area contributed by atoms with Gasteiger partial charge in [0.05, 0.1) is 27.5 Å². The number of allylic oxidation sites excluding steroid dienone is 4. The van der Waals surface area contributed by atoms with Gasteiger partial charge in [0.1, 0.15) is 0 Å². The smallest absolute Gasteiger partial charge is 0.0588 e. The number of para-hydroxylation sites is 3. The molecular weight excluding hydrogens is 773 g/mol. The van der Waals surface area contributed by atoms with Gasteiger partial charge in [-0.3, -0.25) is 0 Å². The molecule has 0 radical (unpaired) electrons. The van der Waals surface area contributed by atoms with Crippen molar-refractivity contribution in [2.75, 3.05) is 0 Å². The van der Waals surface area contributed by atoms with E-state index in [1.54, 1.807) is 0 Å². The molecule has 3 aliphatic carbocycles. The van der Waals surface area contributed by atoms with Crippen molar-refractivity contribution < 1.29 is 0 Å². The van der Waals surface area contributed by atoms with Crippen LogP contribution in [0.2, 0.25) is 0 Å². The Morgan fingerprint density at radius 2 is 0.938 bits per heavy atom. The van der Waals surface area contributed by atoms with Crippen LogP contribution in [-0.2, 0) is 10.8 Å². The average molecular weight is 815 g/mol. The van der Waals surface area contributed by atoms with Gasteiger partial charge in [0, 0.05) is 44.3 Å². The number of hydrogen-bond acceptors (Lipinski definition) is 0. The van der Waals surface area contributed by atoms with E-state index in [1.807, 2.05) is 0 Å². The first-order valence-electron chi connectivity index (χ1n) is 22.6. The first-order chi connectivity index (χ1) is 31.6. The Bertz CT molecular complexity index is 3760. The molecule has 0 saturated heterocycles. The van der Waals surface area contributed by atoms with Gasteiger partial charge in [0.25, 0.3) is 0 Å². The second-order valence-electron chi connectivity index (χ2n) is 18.2. The molecule has 2 unspecified atom stereocenters. The van der Waals surface area contributed by atoms with Crippen molar-refractivity contribution in [1.82, 2.24) is 9.13 Å². The number of benzene rings is 9. The van der Waals surface area contributed by atoms with Gasteiger partial charge in [-0.1, -0.05) is 177 Å². The van der Waals surface area contributed by atoms with Gasteiger partial charge in [-0.2, -0.15) is 0 Å². The highest BCUT2D eigenvalue weighted by atomic mass is 15.0. The number of fused-ring (bicyclic) bond motifs is 17. The van der Waals surface area contributed by atoms with Crippen molar-refractivity contribution >= 4 is 43.6 Å². The van der Waals surface area contributed by atoms with E-state index in [4.69, 9.17) is 0 Å². The molecule has 2 heteroatoms. The van der Waals surface area contributed by atoms with E-state index in [0.29, 0.717) is 0 Å². The molecule has 0 aliphatic heterocycles. The summed E-state index contributed by atoms with van der Waals surface area (Å²) in [6.45, 7) is 2.47. The third kappa shape index (κ3) is 4.59. The second kappa shape index (κ2) is 13.0. The van der Waals surface area contributed by atoms with Crippen LogP contribution >= 0.6 is 0 Å². The Kier molecular flexibility index (Phi) is 7.26. The van der Waals surface area contributed by atoms with Gasteiger partial charge in [-0.05, 0) is 116 Å². The Labute approximate surface area is 372 Å². The monoisotopic (exact) mass is 814 g/mol. The molecule has 0 saturated carbocycles. The van der Waals surface area contributed by atoms with Crippen LogP contribution in [0.15, 0.2) is 231 Å². The lowest BCUT2D eigenvalue weighted by Crippen LogP contribution is -2.39. The molecule has 0 fully saturated rings. The molecule has 2 atom stereocenters. The molecule has 3 aliphatic rings. The van der Waals surface area contributed by atoms with Gasteiger partial charge >= 0.3 is 0 Å². The minimum atomic E-state index is -0.384. The summed E-state index contributed by atoms with van der Waals surface area (Å²) in [7, 11) is 0. The zero-order valence-corrected chi connectivity index (χ0v) is 35.4. The third-order valence-corrected chi connectivity index (χ3v) is 15.1. The highest BCUT2D eigenvalue weighted by Crippen LogP contribution is 2.68. The van der Waals surface area contributed by atoms with Gasteiger partial charge in [-0.15, -0.1) is 0 Å². The number of aromatic nitrogens is 2. The summed E-state index contributed by atoms with van der Waals surface area (Å²) in [5.41, 5.74) is 19.9. The van der Waals surface area contributed by atoms with Crippen molar-refractivity contribution in [3.8, 4) is 44.8 Å².